The van der Waals surface area contributed by atoms with Gasteiger partial charge in [0.2, 0.25) is 5.91 Å². The predicted molar refractivity (Wildman–Crippen MR) is 81.7 cm³/mol. The molecule has 0 saturated carbocycles. The molecular weight excluding hydrogens is 260 g/mol. The number of fused-ring (bicyclic) bond motifs is 1. The van der Waals surface area contributed by atoms with Crippen molar-refractivity contribution in [3.63, 3.8) is 0 Å². The van der Waals surface area contributed by atoms with E-state index in [1.165, 1.54) is 10.8 Å². The second kappa shape index (κ2) is 7.12. The zero-order valence-corrected chi connectivity index (χ0v) is 12.0. The maximum absolute atomic E-state index is 11.5. The van der Waals surface area contributed by atoms with Crippen LogP contribution in [0.25, 0.3) is 10.8 Å². The summed E-state index contributed by atoms with van der Waals surface area (Å²) < 4.78 is 0. The van der Waals surface area contributed by atoms with Crippen molar-refractivity contribution < 1.29 is 4.79 Å². The number of halogens is 1. The number of rotatable bonds is 4. The van der Waals surface area contributed by atoms with Crippen molar-refractivity contribution >= 4 is 29.1 Å². The van der Waals surface area contributed by atoms with Crippen LogP contribution in [-0.4, -0.2) is 19.5 Å². The fourth-order valence-corrected chi connectivity index (χ4v) is 2.01. The number of carbonyl (C=O) groups is 1. The zero-order valence-electron chi connectivity index (χ0n) is 11.1. The van der Waals surface area contributed by atoms with Crippen molar-refractivity contribution in [1.82, 2.24) is 10.6 Å². The third-order valence-corrected chi connectivity index (χ3v) is 2.99. The molecule has 0 aliphatic carbocycles. The normalized spacial score (nSPS) is 11.7. The first-order valence-electron chi connectivity index (χ1n) is 6.13. The number of nitrogens with one attached hydrogen (secondary N) is 2. The van der Waals surface area contributed by atoms with Crippen LogP contribution in [0, 0.1) is 0 Å². The number of amides is 1. The molecule has 102 valence electrons. The number of carbonyl (C=O) groups excluding carboxylic acids is 1. The van der Waals surface area contributed by atoms with Gasteiger partial charge in [0.05, 0.1) is 12.6 Å². The standard InChI is InChI=1S/C15H18N2O.ClH/c1-11(17-15(18)10-16-2)13-8-7-12-5-3-4-6-14(12)9-13;/h3-9,11,16H,10H2,1-2H3,(H,17,18);1H. The van der Waals surface area contributed by atoms with Crippen LogP contribution in [0.1, 0.15) is 18.5 Å². The molecule has 1 atom stereocenters. The molecule has 0 radical (unpaired) electrons. The molecule has 0 aromatic heterocycles. The Kier molecular flexibility index (Phi) is 5.80. The highest BCUT2D eigenvalue weighted by atomic mass is 35.5. The fraction of sp³-hybridized carbons (Fsp3) is 0.267. The molecule has 0 bridgehead atoms. The van der Waals surface area contributed by atoms with Crippen molar-refractivity contribution in [2.24, 2.45) is 0 Å². The number of benzene rings is 2. The van der Waals surface area contributed by atoms with E-state index in [4.69, 9.17) is 0 Å². The monoisotopic (exact) mass is 278 g/mol. The van der Waals surface area contributed by atoms with E-state index in [0.29, 0.717) is 6.54 Å². The Hall–Kier alpha value is -1.58. The van der Waals surface area contributed by atoms with Gasteiger partial charge in [-0.25, -0.2) is 0 Å². The first-order valence-corrected chi connectivity index (χ1v) is 6.13. The van der Waals surface area contributed by atoms with Gasteiger partial charge in [-0.05, 0) is 36.4 Å². The van der Waals surface area contributed by atoms with Gasteiger partial charge in [-0.2, -0.15) is 0 Å². The molecule has 2 aromatic rings. The van der Waals surface area contributed by atoms with Gasteiger partial charge in [0.15, 0.2) is 0 Å². The summed E-state index contributed by atoms with van der Waals surface area (Å²) in [6.45, 7) is 2.34. The highest BCUT2D eigenvalue weighted by molar-refractivity contribution is 5.85. The SMILES string of the molecule is CNCC(=O)NC(C)c1ccc2ccccc2c1.Cl. The smallest absolute Gasteiger partial charge is 0.234 e. The Morgan fingerprint density at radius 2 is 1.84 bits per heavy atom. The highest BCUT2D eigenvalue weighted by Crippen LogP contribution is 2.20. The molecule has 19 heavy (non-hydrogen) atoms. The summed E-state index contributed by atoms with van der Waals surface area (Å²) in [7, 11) is 1.76. The topological polar surface area (TPSA) is 41.1 Å². The fourth-order valence-electron chi connectivity index (χ4n) is 2.01. The van der Waals surface area contributed by atoms with Gasteiger partial charge in [-0.15, -0.1) is 12.4 Å². The van der Waals surface area contributed by atoms with Gasteiger partial charge in [-0.1, -0.05) is 36.4 Å². The van der Waals surface area contributed by atoms with E-state index in [1.54, 1.807) is 7.05 Å². The van der Waals surface area contributed by atoms with E-state index in [0.717, 1.165) is 5.56 Å². The first kappa shape index (κ1) is 15.5. The first-order chi connectivity index (χ1) is 8.70. The summed E-state index contributed by atoms with van der Waals surface area (Å²) >= 11 is 0. The molecule has 0 fully saturated rings. The lowest BCUT2D eigenvalue weighted by molar-refractivity contribution is -0.120. The molecule has 2 rings (SSSR count). The molecule has 0 spiro atoms. The van der Waals surface area contributed by atoms with Crippen LogP contribution in [0.2, 0.25) is 0 Å². The van der Waals surface area contributed by atoms with Crippen molar-refractivity contribution in [3.05, 3.63) is 48.0 Å². The summed E-state index contributed by atoms with van der Waals surface area (Å²) in [5, 5.41) is 8.22. The van der Waals surface area contributed by atoms with Crippen LogP contribution in [0.3, 0.4) is 0 Å². The molecule has 1 amide bonds. The van der Waals surface area contributed by atoms with Crippen LogP contribution < -0.4 is 10.6 Å². The van der Waals surface area contributed by atoms with E-state index in [2.05, 4.69) is 41.0 Å². The number of hydrogen-bond donors (Lipinski definition) is 2. The van der Waals surface area contributed by atoms with E-state index in [1.807, 2.05) is 19.1 Å². The molecule has 4 heteroatoms. The quantitative estimate of drug-likeness (QED) is 0.903. The van der Waals surface area contributed by atoms with Gasteiger partial charge in [0.1, 0.15) is 0 Å². The van der Waals surface area contributed by atoms with Crippen LogP contribution in [0.15, 0.2) is 42.5 Å². The largest absolute Gasteiger partial charge is 0.348 e. The molecule has 2 N–H and O–H groups in total. The Morgan fingerprint density at radius 3 is 2.53 bits per heavy atom. The average Bonchev–Trinajstić information content (AvgIpc) is 2.38. The minimum Gasteiger partial charge on any atom is -0.348 e. The molecule has 0 aliphatic heterocycles. The summed E-state index contributed by atoms with van der Waals surface area (Å²) in [5.74, 6) is 0.0122. The van der Waals surface area contributed by atoms with Crippen molar-refractivity contribution in [3.8, 4) is 0 Å². The third kappa shape index (κ3) is 3.94. The van der Waals surface area contributed by atoms with Gasteiger partial charge in [0, 0.05) is 0 Å². The van der Waals surface area contributed by atoms with E-state index in [9.17, 15) is 4.79 Å². The Bertz CT molecular complexity index is 557. The van der Waals surface area contributed by atoms with Crippen LogP contribution in [0.4, 0.5) is 0 Å². The Morgan fingerprint density at radius 1 is 1.16 bits per heavy atom. The number of hydrogen-bond acceptors (Lipinski definition) is 2. The lowest BCUT2D eigenvalue weighted by Crippen LogP contribution is -2.33. The van der Waals surface area contributed by atoms with Gasteiger partial charge >= 0.3 is 0 Å². The van der Waals surface area contributed by atoms with E-state index in [-0.39, 0.29) is 24.4 Å². The molecule has 0 saturated heterocycles. The summed E-state index contributed by atoms with van der Waals surface area (Å²) in [4.78, 5) is 11.5. The van der Waals surface area contributed by atoms with Crippen molar-refractivity contribution in [2.45, 2.75) is 13.0 Å². The molecule has 1 unspecified atom stereocenters. The van der Waals surface area contributed by atoms with Crippen molar-refractivity contribution in [1.29, 1.82) is 0 Å². The van der Waals surface area contributed by atoms with Crippen LogP contribution >= 0.6 is 12.4 Å². The average molecular weight is 279 g/mol. The Labute approximate surface area is 119 Å². The molecule has 3 nitrogen and oxygen atoms in total. The molecule has 0 heterocycles. The van der Waals surface area contributed by atoms with E-state index >= 15 is 0 Å². The summed E-state index contributed by atoms with van der Waals surface area (Å²) in [6, 6.07) is 14.5. The molecular formula is C15H19ClN2O. The van der Waals surface area contributed by atoms with Crippen molar-refractivity contribution in [2.75, 3.05) is 13.6 Å². The van der Waals surface area contributed by atoms with Gasteiger partial charge in [0.25, 0.3) is 0 Å². The lowest BCUT2D eigenvalue weighted by atomic mass is 10.0. The summed E-state index contributed by atoms with van der Waals surface area (Å²) in [5.41, 5.74) is 1.12. The third-order valence-electron chi connectivity index (χ3n) is 2.99. The minimum atomic E-state index is 0. The maximum Gasteiger partial charge on any atom is 0.234 e. The van der Waals surface area contributed by atoms with Gasteiger partial charge in [-0.3, -0.25) is 4.79 Å². The van der Waals surface area contributed by atoms with Crippen LogP contribution in [-0.2, 0) is 4.79 Å². The molecule has 2 aromatic carbocycles. The number of likely N-dealkylation sites (N-methyl/N-ethyl adjacent to an activating group) is 1. The Balaban J connectivity index is 0.00000180. The molecule has 0 aliphatic rings. The van der Waals surface area contributed by atoms with Crippen LogP contribution in [0.5, 0.6) is 0 Å². The maximum atomic E-state index is 11.5. The zero-order chi connectivity index (χ0) is 13.0. The lowest BCUT2D eigenvalue weighted by Gasteiger charge is -2.15. The second-order valence-electron chi connectivity index (χ2n) is 4.43. The predicted octanol–water partition coefficient (Wildman–Crippen LogP) is 2.66. The summed E-state index contributed by atoms with van der Waals surface area (Å²) in [6.07, 6.45) is 0. The van der Waals surface area contributed by atoms with E-state index < -0.39 is 0 Å². The highest BCUT2D eigenvalue weighted by Gasteiger charge is 2.08. The van der Waals surface area contributed by atoms with Gasteiger partial charge < -0.3 is 10.6 Å². The minimum absolute atomic E-state index is 0. The second-order valence-corrected chi connectivity index (χ2v) is 4.43.